The zero-order valence-corrected chi connectivity index (χ0v) is 13.1. The molecule has 1 rings (SSSR count). The van der Waals surface area contributed by atoms with Crippen LogP contribution in [0.3, 0.4) is 0 Å². The van der Waals surface area contributed by atoms with Gasteiger partial charge in [-0.15, -0.1) is 15.0 Å². The van der Waals surface area contributed by atoms with Crippen LogP contribution in [0.5, 0.6) is 12.0 Å². The Morgan fingerprint density at radius 3 is 1.47 bits per heavy atom. The van der Waals surface area contributed by atoms with Crippen molar-refractivity contribution in [1.29, 1.82) is 0 Å². The summed E-state index contributed by atoms with van der Waals surface area (Å²) < 4.78 is 10.4. The van der Waals surface area contributed by atoms with E-state index in [1.54, 1.807) is 0 Å². The van der Waals surface area contributed by atoms with Gasteiger partial charge in [-0.3, -0.25) is 4.48 Å². The van der Waals surface area contributed by atoms with E-state index in [2.05, 4.69) is 15.0 Å². The molecule has 0 radical (unpaired) electrons. The second-order valence-corrected chi connectivity index (χ2v) is 4.53. The molecule has 0 aliphatic heterocycles. The van der Waals surface area contributed by atoms with Crippen LogP contribution in [-0.2, 0) is 4.79 Å². The molecule has 0 aromatic carbocycles. The third-order valence-electron chi connectivity index (χ3n) is 1.55. The van der Waals surface area contributed by atoms with Crippen LogP contribution in [0.25, 0.3) is 0 Å². The Kier molecular flexibility index (Phi) is 8.99. The minimum atomic E-state index is 0. The average Bonchev–Trinajstić information content (AvgIpc) is 2.26. The van der Waals surface area contributed by atoms with Crippen LogP contribution < -0.4 is 26.4 Å². The van der Waals surface area contributed by atoms with Crippen molar-refractivity contribution >= 4 is 11.7 Å². The second-order valence-electron chi connectivity index (χ2n) is 4.53. The summed E-state index contributed by atoms with van der Waals surface area (Å²) >= 11 is 0. The number of aromatic nitrogens is 3. The molecule has 1 heterocycles. The molecule has 0 bridgehead atoms. The minimum absolute atomic E-state index is 0. The van der Waals surface area contributed by atoms with E-state index < -0.39 is 0 Å². The number of carbonyl (C=O) groups excluding carboxylic acids is 1. The molecule has 0 unspecified atom stereocenters. The Bertz CT molecular complexity index is 381. The summed E-state index contributed by atoms with van der Waals surface area (Å²) in [5.74, 6) is 0.758. The van der Waals surface area contributed by atoms with Crippen molar-refractivity contribution < 1.29 is 26.7 Å². The highest BCUT2D eigenvalue weighted by Crippen LogP contribution is 2.16. The number of rotatable bonds is 3. The van der Waals surface area contributed by atoms with Crippen molar-refractivity contribution in [1.82, 2.24) is 19.4 Å². The number of hydrogen-bond donors (Lipinski definition) is 0. The molecule has 0 amide bonds. The summed E-state index contributed by atoms with van der Waals surface area (Å²) in [7, 11) is 8.87. The van der Waals surface area contributed by atoms with Crippen molar-refractivity contribution in [2.24, 2.45) is 0 Å². The van der Waals surface area contributed by atoms with Crippen molar-refractivity contribution in [2.45, 2.75) is 13.8 Å². The van der Waals surface area contributed by atoms with E-state index in [9.17, 15) is 4.79 Å². The number of ether oxygens (including phenoxy) is 2. The number of hydrogen-bond acceptors (Lipinski definition) is 6. The number of Topliss-reactive ketones (excluding diaryl/α,β-unsaturated/α-hetero) is 1. The molecule has 0 saturated carbocycles. The van der Waals surface area contributed by atoms with Gasteiger partial charge in [-0.25, -0.2) is 0 Å². The first kappa shape index (κ1) is 19.9. The molecule has 0 spiro atoms. The van der Waals surface area contributed by atoms with Crippen LogP contribution in [0.1, 0.15) is 13.8 Å². The van der Waals surface area contributed by atoms with E-state index in [1.165, 1.54) is 28.1 Å². The fraction of sp³-hybridized carbons (Fsp3) is 0.636. The van der Waals surface area contributed by atoms with E-state index in [1.807, 2.05) is 21.1 Å². The fourth-order valence-corrected chi connectivity index (χ4v) is 0.810. The van der Waals surface area contributed by atoms with Gasteiger partial charge in [-0.05, 0) is 13.8 Å². The van der Waals surface area contributed by atoms with Crippen LogP contribution in [0.4, 0.5) is 5.95 Å². The second kappa shape index (κ2) is 8.60. The Hall–Kier alpha value is -1.47. The molecule has 0 aliphatic carbocycles. The largest absolute Gasteiger partial charge is 1.00 e. The number of carbonyl (C=O) groups is 1. The maximum Gasteiger partial charge on any atom is 0.337 e. The van der Waals surface area contributed by atoms with Gasteiger partial charge < -0.3 is 26.7 Å². The zero-order chi connectivity index (χ0) is 14.3. The monoisotopic (exact) mass is 292 g/mol. The molecule has 8 heteroatoms. The highest BCUT2D eigenvalue weighted by molar-refractivity contribution is 5.72. The van der Waals surface area contributed by atoms with Gasteiger partial charge in [0.05, 0.1) is 35.4 Å². The van der Waals surface area contributed by atoms with Crippen LogP contribution in [0.2, 0.25) is 0 Å². The Morgan fingerprint density at radius 1 is 0.947 bits per heavy atom. The van der Waals surface area contributed by atoms with Gasteiger partial charge in [0.15, 0.2) is 0 Å². The lowest BCUT2D eigenvalue weighted by Crippen LogP contribution is -3.00. The number of nitrogens with zero attached hydrogens (tertiary/aromatic N) is 4. The third-order valence-corrected chi connectivity index (χ3v) is 1.55. The first-order valence-corrected chi connectivity index (χ1v) is 5.34. The average molecular weight is 293 g/mol. The maximum atomic E-state index is 9.44. The van der Waals surface area contributed by atoms with Crippen molar-refractivity contribution in [2.75, 3.05) is 35.4 Å². The molecular weight excluding hydrogens is 272 g/mol. The van der Waals surface area contributed by atoms with E-state index >= 15 is 0 Å². The Labute approximate surface area is 120 Å². The van der Waals surface area contributed by atoms with Gasteiger partial charge in [0.25, 0.3) is 0 Å². The van der Waals surface area contributed by atoms with Gasteiger partial charge in [-0.1, -0.05) is 0 Å². The van der Waals surface area contributed by atoms with E-state index in [0.717, 1.165) is 0 Å². The van der Waals surface area contributed by atoms with Gasteiger partial charge in [-0.2, -0.15) is 0 Å². The molecule has 19 heavy (non-hydrogen) atoms. The van der Waals surface area contributed by atoms with E-state index in [0.29, 0.717) is 10.4 Å². The van der Waals surface area contributed by atoms with Crippen molar-refractivity contribution in [3.8, 4) is 12.0 Å². The Balaban J connectivity index is 0. The lowest BCUT2D eigenvalue weighted by atomic mass is 10.6. The summed E-state index contributed by atoms with van der Waals surface area (Å²) in [6.45, 7) is 3.06. The maximum absolute atomic E-state index is 9.44. The molecule has 1 aromatic rings. The third kappa shape index (κ3) is 8.28. The molecule has 110 valence electrons. The number of quaternary nitrogens is 1. The molecule has 0 N–H and O–H groups in total. The molecule has 0 aliphatic rings. The fourth-order valence-electron chi connectivity index (χ4n) is 0.810. The normalized spacial score (nSPS) is 9.63. The highest BCUT2D eigenvalue weighted by Gasteiger charge is 2.20. The molecule has 0 fully saturated rings. The number of halogens is 1. The van der Waals surface area contributed by atoms with Gasteiger partial charge >= 0.3 is 18.0 Å². The summed E-state index contributed by atoms with van der Waals surface area (Å²) in [4.78, 5) is 21.6. The van der Waals surface area contributed by atoms with Crippen LogP contribution in [0.15, 0.2) is 0 Å². The zero-order valence-electron chi connectivity index (χ0n) is 12.4. The van der Waals surface area contributed by atoms with Crippen molar-refractivity contribution in [3.63, 3.8) is 0 Å². The highest BCUT2D eigenvalue weighted by atomic mass is 35.5. The summed E-state index contributed by atoms with van der Waals surface area (Å²) in [6, 6.07) is 0.528. The smallest absolute Gasteiger partial charge is 0.337 e. The summed E-state index contributed by atoms with van der Waals surface area (Å²) in [6.07, 6.45) is 0. The first-order valence-electron chi connectivity index (χ1n) is 5.34. The van der Waals surface area contributed by atoms with Crippen molar-refractivity contribution in [3.05, 3.63) is 0 Å². The lowest BCUT2D eigenvalue weighted by Gasteiger charge is -2.20. The van der Waals surface area contributed by atoms with Crippen LogP contribution in [0, 0.1) is 0 Å². The van der Waals surface area contributed by atoms with Gasteiger partial charge in [0.2, 0.25) is 0 Å². The van der Waals surface area contributed by atoms with Gasteiger partial charge in [0, 0.05) is 0 Å². The van der Waals surface area contributed by atoms with Gasteiger partial charge in [0.1, 0.15) is 5.78 Å². The van der Waals surface area contributed by atoms with E-state index in [-0.39, 0.29) is 30.2 Å². The predicted molar refractivity (Wildman–Crippen MR) is 68.9 cm³/mol. The molecule has 7 nitrogen and oxygen atoms in total. The lowest BCUT2D eigenvalue weighted by molar-refractivity contribution is -0.115. The summed E-state index contributed by atoms with van der Waals surface area (Å²) in [5.41, 5.74) is 0. The topological polar surface area (TPSA) is 74.2 Å². The minimum Gasteiger partial charge on any atom is -1.00 e. The Morgan fingerprint density at radius 2 is 1.26 bits per heavy atom. The van der Waals surface area contributed by atoms with E-state index in [4.69, 9.17) is 9.47 Å². The molecule has 0 saturated heterocycles. The SMILES string of the molecule is CC(C)=O.COc1nc(OC)nc([N+](C)(C)C)n1.[Cl-]. The summed E-state index contributed by atoms with van der Waals surface area (Å²) in [5, 5.41) is 0. The molecule has 0 atom stereocenters. The van der Waals surface area contributed by atoms with Crippen LogP contribution in [-0.4, -0.2) is 56.1 Å². The number of ketones is 1. The number of methoxy groups -OCH3 is 2. The molecular formula is C11H21ClN4O3. The molecule has 1 aromatic heterocycles. The first-order chi connectivity index (χ1) is 8.20. The predicted octanol–water partition coefficient (Wildman–Crippen LogP) is -2.32. The van der Waals surface area contributed by atoms with Crippen LogP contribution >= 0.6 is 0 Å². The quantitative estimate of drug-likeness (QED) is 0.583. The standard InChI is InChI=1S/C8H15N4O2.C3H6O.ClH/c1-12(2,3)6-9-7(13-4)11-8(10-6)14-5;1-3(2)4;/h1-5H3;1-2H3;1H/q+1;;/p-1.